The van der Waals surface area contributed by atoms with Gasteiger partial charge in [-0.15, -0.1) is 0 Å². The van der Waals surface area contributed by atoms with Crippen LogP contribution in [0.3, 0.4) is 0 Å². The second kappa shape index (κ2) is 8.95. The van der Waals surface area contributed by atoms with E-state index in [1.165, 1.54) is 0 Å². The molecule has 4 rings (SSSR count). The Labute approximate surface area is 175 Å². The third kappa shape index (κ3) is 4.32. The van der Waals surface area contributed by atoms with E-state index in [9.17, 15) is 9.59 Å². The fourth-order valence-electron chi connectivity index (χ4n) is 3.25. The van der Waals surface area contributed by atoms with Crippen LogP contribution in [-0.4, -0.2) is 49.6 Å². The van der Waals surface area contributed by atoms with Crippen LogP contribution in [0.2, 0.25) is 0 Å². The molecular formula is C21H19O6Zn-. The summed E-state index contributed by atoms with van der Waals surface area (Å²) in [5.74, 6) is -0.865. The van der Waals surface area contributed by atoms with Gasteiger partial charge in [-0.1, -0.05) is 17.7 Å². The van der Waals surface area contributed by atoms with Crippen LogP contribution in [0, 0.1) is 13.0 Å². The first-order chi connectivity index (χ1) is 13.1. The number of benzene rings is 2. The second-order valence-electron chi connectivity index (χ2n) is 6.64. The van der Waals surface area contributed by atoms with E-state index < -0.39 is 36.4 Å². The van der Waals surface area contributed by atoms with E-state index in [-0.39, 0.29) is 32.7 Å². The summed E-state index contributed by atoms with van der Waals surface area (Å²) >= 11 is 0. The van der Waals surface area contributed by atoms with Crippen molar-refractivity contribution in [3.63, 3.8) is 0 Å². The largest absolute Gasteiger partial charge is 0.455 e. The minimum Gasteiger partial charge on any atom is -0.455 e. The van der Waals surface area contributed by atoms with Gasteiger partial charge in [-0.2, -0.15) is 30.3 Å². The van der Waals surface area contributed by atoms with E-state index in [0.717, 1.165) is 5.56 Å². The Morgan fingerprint density at radius 1 is 0.857 bits per heavy atom. The van der Waals surface area contributed by atoms with E-state index in [1.54, 1.807) is 36.4 Å². The Kier molecular flexibility index (Phi) is 6.60. The number of aryl methyl sites for hydroxylation is 1. The van der Waals surface area contributed by atoms with Crippen LogP contribution in [0.15, 0.2) is 48.5 Å². The molecule has 0 aromatic heterocycles. The van der Waals surface area contributed by atoms with Crippen molar-refractivity contribution in [2.24, 2.45) is 0 Å². The molecule has 2 heterocycles. The van der Waals surface area contributed by atoms with Crippen molar-refractivity contribution in [2.75, 3.05) is 13.2 Å². The van der Waals surface area contributed by atoms with Gasteiger partial charge in [0.25, 0.3) is 0 Å². The van der Waals surface area contributed by atoms with Crippen molar-refractivity contribution in [1.29, 1.82) is 0 Å². The standard InChI is InChI=1S/C21H19O6.Zn/c1-13-7-9-15(10-8-13)21(23)27-17-12-25-18-16(11-24-19(17)18)26-20(22)14-5-3-2-4-6-14;/h3-10,16-19H,11-12H2,1H3;/q-1;. The average Bonchev–Trinajstić information content (AvgIpc) is 3.26. The Morgan fingerprint density at radius 2 is 1.32 bits per heavy atom. The minimum atomic E-state index is -0.533. The predicted molar refractivity (Wildman–Crippen MR) is 94.3 cm³/mol. The molecule has 0 spiro atoms. The van der Waals surface area contributed by atoms with Crippen molar-refractivity contribution >= 4 is 11.9 Å². The Balaban J connectivity index is 0.00000225. The first-order valence-electron chi connectivity index (χ1n) is 8.80. The molecule has 0 aliphatic carbocycles. The van der Waals surface area contributed by atoms with Crippen LogP contribution >= 0.6 is 0 Å². The predicted octanol–water partition coefficient (Wildman–Crippen LogP) is 2.34. The third-order valence-electron chi connectivity index (χ3n) is 4.72. The van der Waals surface area contributed by atoms with E-state index in [1.807, 2.05) is 19.1 Å². The Hall–Kier alpha value is -2.08. The summed E-state index contributed by atoms with van der Waals surface area (Å²) in [6.07, 6.45) is -1.95. The summed E-state index contributed by atoms with van der Waals surface area (Å²) in [7, 11) is 0. The molecule has 0 saturated carbocycles. The molecule has 0 N–H and O–H groups in total. The zero-order valence-corrected chi connectivity index (χ0v) is 18.5. The Morgan fingerprint density at radius 3 is 1.82 bits per heavy atom. The van der Waals surface area contributed by atoms with Crippen LogP contribution in [0.25, 0.3) is 0 Å². The molecule has 0 radical (unpaired) electrons. The van der Waals surface area contributed by atoms with Crippen LogP contribution in [-0.2, 0) is 38.4 Å². The van der Waals surface area contributed by atoms with Crippen LogP contribution in [0.1, 0.15) is 26.3 Å². The number of hydrogen-bond acceptors (Lipinski definition) is 6. The van der Waals surface area contributed by atoms with Crippen molar-refractivity contribution in [3.8, 4) is 0 Å². The molecule has 2 aromatic carbocycles. The average molecular weight is 433 g/mol. The minimum absolute atomic E-state index is 0. The molecule has 4 atom stereocenters. The molecule has 2 aliphatic rings. The zero-order valence-electron chi connectivity index (χ0n) is 15.5. The van der Waals surface area contributed by atoms with E-state index in [2.05, 4.69) is 6.07 Å². The summed E-state index contributed by atoms with van der Waals surface area (Å²) in [5.41, 5.74) is 1.99. The van der Waals surface area contributed by atoms with Crippen molar-refractivity contribution in [1.82, 2.24) is 0 Å². The monoisotopic (exact) mass is 431 g/mol. The van der Waals surface area contributed by atoms with E-state index >= 15 is 0 Å². The smallest absolute Gasteiger partial charge is 0.338 e. The normalized spacial score (nSPS) is 25.5. The molecule has 0 amide bonds. The van der Waals surface area contributed by atoms with E-state index in [0.29, 0.717) is 11.1 Å². The van der Waals surface area contributed by atoms with Crippen molar-refractivity contribution in [3.05, 3.63) is 71.3 Å². The number of rotatable bonds is 4. The molecule has 2 fully saturated rings. The third-order valence-corrected chi connectivity index (χ3v) is 4.72. The number of hydrogen-bond donors (Lipinski definition) is 0. The molecule has 6 nitrogen and oxygen atoms in total. The van der Waals surface area contributed by atoms with Gasteiger partial charge in [0, 0.05) is 19.5 Å². The maximum atomic E-state index is 12.3. The first-order valence-corrected chi connectivity index (χ1v) is 8.80. The van der Waals surface area contributed by atoms with Gasteiger partial charge in [-0.25, -0.2) is 9.59 Å². The number of esters is 2. The number of ether oxygens (including phenoxy) is 4. The van der Waals surface area contributed by atoms with Gasteiger partial charge in [0.15, 0.2) is 12.2 Å². The van der Waals surface area contributed by atoms with Gasteiger partial charge < -0.3 is 18.9 Å². The molecule has 0 bridgehead atoms. The van der Waals surface area contributed by atoms with E-state index in [4.69, 9.17) is 18.9 Å². The van der Waals surface area contributed by atoms with Gasteiger partial charge in [0.05, 0.1) is 18.8 Å². The van der Waals surface area contributed by atoms with Crippen LogP contribution in [0.5, 0.6) is 0 Å². The number of fused-ring (bicyclic) bond motifs is 1. The fourth-order valence-corrected chi connectivity index (χ4v) is 3.25. The molecule has 7 heteroatoms. The topological polar surface area (TPSA) is 71.1 Å². The summed E-state index contributed by atoms with van der Waals surface area (Å²) in [6, 6.07) is 16.6. The molecule has 4 unspecified atom stereocenters. The maximum absolute atomic E-state index is 12.3. The quantitative estimate of drug-likeness (QED) is 0.419. The van der Waals surface area contributed by atoms with Gasteiger partial charge in [0.2, 0.25) is 0 Å². The Bertz CT molecular complexity index is 823. The second-order valence-corrected chi connectivity index (χ2v) is 6.64. The summed E-state index contributed by atoms with van der Waals surface area (Å²) in [6.45, 7) is 2.37. The van der Waals surface area contributed by atoms with Crippen molar-refractivity contribution < 1.29 is 48.0 Å². The van der Waals surface area contributed by atoms with Gasteiger partial charge in [-0.3, -0.25) is 0 Å². The zero-order chi connectivity index (χ0) is 18.8. The first kappa shape index (κ1) is 20.7. The maximum Gasteiger partial charge on any atom is 0.338 e. The van der Waals surface area contributed by atoms with Gasteiger partial charge in [0.1, 0.15) is 12.2 Å². The van der Waals surface area contributed by atoms with Crippen LogP contribution < -0.4 is 0 Å². The molecular weight excluding hydrogens is 414 g/mol. The number of carbonyl (C=O) groups is 2. The molecule has 28 heavy (non-hydrogen) atoms. The van der Waals surface area contributed by atoms with Gasteiger partial charge >= 0.3 is 11.9 Å². The molecule has 2 aromatic rings. The molecule has 142 valence electrons. The summed E-state index contributed by atoms with van der Waals surface area (Å²) in [5, 5.41) is 0. The summed E-state index contributed by atoms with van der Waals surface area (Å²) < 4.78 is 22.5. The van der Waals surface area contributed by atoms with Crippen molar-refractivity contribution in [2.45, 2.75) is 31.3 Å². The fraction of sp³-hybridized carbons (Fsp3) is 0.333. The molecule has 2 aliphatic heterocycles. The molecule has 2 saturated heterocycles. The summed E-state index contributed by atoms with van der Waals surface area (Å²) in [4.78, 5) is 24.6. The van der Waals surface area contributed by atoms with Crippen LogP contribution in [0.4, 0.5) is 0 Å². The van der Waals surface area contributed by atoms with Gasteiger partial charge in [-0.05, 0) is 24.6 Å². The number of carbonyl (C=O) groups excluding carboxylic acids is 2. The SMILES string of the molecule is Cc1ccc(C(=O)OC2COC3C(OC(=O)c4cc[c-]cc4)COC23)cc1.[Zn].